The fourth-order valence-electron chi connectivity index (χ4n) is 3.75. The van der Waals surface area contributed by atoms with Crippen molar-refractivity contribution < 1.29 is 18.7 Å². The lowest BCUT2D eigenvalue weighted by molar-refractivity contribution is -0.139. The number of methoxy groups -OCH3 is 1. The zero-order valence-electron chi connectivity index (χ0n) is 18.6. The van der Waals surface area contributed by atoms with Gasteiger partial charge in [-0.25, -0.2) is 0 Å². The Morgan fingerprint density at radius 3 is 2.61 bits per heavy atom. The van der Waals surface area contributed by atoms with Gasteiger partial charge in [0.05, 0.1) is 11.4 Å². The maximum Gasteiger partial charge on any atom is 0.289 e. The van der Waals surface area contributed by atoms with Crippen LogP contribution >= 0.6 is 11.8 Å². The minimum atomic E-state index is -0.163. The number of benzene rings is 1. The Hall–Kier alpha value is -3.17. The van der Waals surface area contributed by atoms with Crippen molar-refractivity contribution in [1.82, 2.24) is 20.0 Å². The normalized spacial score (nSPS) is 16.1. The van der Waals surface area contributed by atoms with E-state index in [-0.39, 0.29) is 24.5 Å². The SMILES string of the molecule is COCC(=O)N1CCN(C(=O)c2ccc(CSc3ccc(-c4ccccc4)nn3)o2)CC1C. The van der Waals surface area contributed by atoms with Gasteiger partial charge < -0.3 is 19.0 Å². The van der Waals surface area contributed by atoms with Gasteiger partial charge in [-0.05, 0) is 31.2 Å². The highest BCUT2D eigenvalue weighted by atomic mass is 32.2. The largest absolute Gasteiger partial charge is 0.455 e. The molecule has 1 saturated heterocycles. The lowest BCUT2D eigenvalue weighted by Gasteiger charge is -2.39. The molecule has 2 amide bonds. The van der Waals surface area contributed by atoms with Gasteiger partial charge >= 0.3 is 0 Å². The average molecular weight is 467 g/mol. The van der Waals surface area contributed by atoms with E-state index >= 15 is 0 Å². The Morgan fingerprint density at radius 2 is 1.91 bits per heavy atom. The van der Waals surface area contributed by atoms with E-state index in [0.29, 0.717) is 36.9 Å². The third kappa shape index (κ3) is 5.61. The smallest absolute Gasteiger partial charge is 0.289 e. The van der Waals surface area contributed by atoms with Crippen molar-refractivity contribution in [3.05, 3.63) is 66.1 Å². The monoisotopic (exact) mass is 466 g/mol. The lowest BCUT2D eigenvalue weighted by Crippen LogP contribution is -2.56. The first kappa shape index (κ1) is 23.0. The van der Waals surface area contributed by atoms with Crippen LogP contribution in [-0.4, -0.2) is 71.2 Å². The summed E-state index contributed by atoms with van der Waals surface area (Å²) < 4.78 is 10.7. The first-order valence-electron chi connectivity index (χ1n) is 10.7. The highest BCUT2D eigenvalue weighted by Crippen LogP contribution is 2.24. The number of furan rings is 1. The molecule has 0 radical (unpaired) electrons. The van der Waals surface area contributed by atoms with Gasteiger partial charge in [0.1, 0.15) is 17.4 Å². The highest BCUT2D eigenvalue weighted by Gasteiger charge is 2.31. The number of carbonyl (C=O) groups excluding carboxylic acids is 2. The van der Waals surface area contributed by atoms with E-state index in [4.69, 9.17) is 9.15 Å². The van der Waals surface area contributed by atoms with Gasteiger partial charge in [-0.1, -0.05) is 42.1 Å². The fourth-order valence-corrected chi connectivity index (χ4v) is 4.46. The van der Waals surface area contributed by atoms with Crippen LogP contribution in [0, 0.1) is 0 Å². The summed E-state index contributed by atoms with van der Waals surface area (Å²) in [6.45, 7) is 3.39. The predicted molar refractivity (Wildman–Crippen MR) is 125 cm³/mol. The number of hydrogen-bond donors (Lipinski definition) is 0. The van der Waals surface area contributed by atoms with Gasteiger partial charge in [0.2, 0.25) is 5.91 Å². The van der Waals surface area contributed by atoms with Crippen molar-refractivity contribution in [2.24, 2.45) is 0 Å². The zero-order valence-corrected chi connectivity index (χ0v) is 19.5. The summed E-state index contributed by atoms with van der Waals surface area (Å²) in [7, 11) is 1.50. The Labute approximate surface area is 196 Å². The van der Waals surface area contributed by atoms with E-state index in [1.54, 1.807) is 15.9 Å². The van der Waals surface area contributed by atoms with Crippen LogP contribution in [0.4, 0.5) is 0 Å². The molecular formula is C24H26N4O4S. The molecule has 0 aliphatic carbocycles. The van der Waals surface area contributed by atoms with Crippen molar-refractivity contribution in [1.29, 1.82) is 0 Å². The number of aromatic nitrogens is 2. The van der Waals surface area contributed by atoms with Crippen LogP contribution in [0.25, 0.3) is 11.3 Å². The minimum absolute atomic E-state index is 0.0524. The van der Waals surface area contributed by atoms with Crippen LogP contribution in [0.3, 0.4) is 0 Å². The van der Waals surface area contributed by atoms with Crippen LogP contribution in [0.15, 0.2) is 64.0 Å². The Kier molecular flexibility index (Phi) is 7.41. The molecule has 1 fully saturated rings. The second-order valence-corrected chi connectivity index (χ2v) is 8.79. The lowest BCUT2D eigenvalue weighted by atomic mass is 10.1. The molecule has 1 aromatic carbocycles. The van der Waals surface area contributed by atoms with Gasteiger partial charge in [0.15, 0.2) is 5.76 Å². The average Bonchev–Trinajstić information content (AvgIpc) is 3.32. The van der Waals surface area contributed by atoms with E-state index < -0.39 is 0 Å². The maximum atomic E-state index is 12.9. The molecule has 2 aromatic heterocycles. The van der Waals surface area contributed by atoms with Gasteiger partial charge in [-0.3, -0.25) is 9.59 Å². The highest BCUT2D eigenvalue weighted by molar-refractivity contribution is 7.98. The Morgan fingerprint density at radius 1 is 1.09 bits per heavy atom. The molecule has 1 unspecified atom stereocenters. The second-order valence-electron chi connectivity index (χ2n) is 7.80. The summed E-state index contributed by atoms with van der Waals surface area (Å²) >= 11 is 1.50. The summed E-state index contributed by atoms with van der Waals surface area (Å²) in [5, 5.41) is 9.36. The Balaban J connectivity index is 1.31. The van der Waals surface area contributed by atoms with Crippen LogP contribution < -0.4 is 0 Å². The van der Waals surface area contributed by atoms with Crippen molar-refractivity contribution in [3.63, 3.8) is 0 Å². The third-order valence-corrected chi connectivity index (χ3v) is 6.39. The number of piperazine rings is 1. The molecule has 1 atom stereocenters. The minimum Gasteiger partial charge on any atom is -0.455 e. The molecule has 0 saturated carbocycles. The van der Waals surface area contributed by atoms with E-state index in [1.165, 1.54) is 18.9 Å². The molecule has 8 nitrogen and oxygen atoms in total. The molecule has 33 heavy (non-hydrogen) atoms. The number of nitrogens with zero attached hydrogens (tertiary/aromatic N) is 4. The van der Waals surface area contributed by atoms with E-state index in [1.807, 2.05) is 55.5 Å². The van der Waals surface area contributed by atoms with Gasteiger partial charge in [-0.15, -0.1) is 10.2 Å². The van der Waals surface area contributed by atoms with Gasteiger partial charge in [0.25, 0.3) is 5.91 Å². The molecule has 172 valence electrons. The first-order chi connectivity index (χ1) is 16.0. The topological polar surface area (TPSA) is 88.8 Å². The van der Waals surface area contributed by atoms with Gasteiger partial charge in [-0.2, -0.15) is 0 Å². The standard InChI is InChI=1S/C24H26N4O4S/c1-17-14-27(12-13-28(17)23(29)15-31-2)24(30)21-10-8-19(32-21)16-33-22-11-9-20(25-26-22)18-6-4-3-5-7-18/h3-11,17H,12-16H2,1-2H3. The molecular weight excluding hydrogens is 440 g/mol. The molecule has 3 aromatic rings. The van der Waals surface area contributed by atoms with Gasteiger partial charge in [0, 0.05) is 38.3 Å². The Bertz CT molecular complexity index is 1090. The summed E-state index contributed by atoms with van der Waals surface area (Å²) in [5.74, 6) is 1.32. The predicted octanol–water partition coefficient (Wildman–Crippen LogP) is 3.35. The molecule has 0 spiro atoms. The molecule has 0 bridgehead atoms. The van der Waals surface area contributed by atoms with Crippen molar-refractivity contribution >= 4 is 23.6 Å². The van der Waals surface area contributed by atoms with Crippen LogP contribution in [0.1, 0.15) is 23.2 Å². The molecule has 1 aliphatic heterocycles. The summed E-state index contributed by atoms with van der Waals surface area (Å²) in [5.41, 5.74) is 1.85. The third-order valence-electron chi connectivity index (χ3n) is 5.45. The van der Waals surface area contributed by atoms with E-state index in [0.717, 1.165) is 16.3 Å². The number of ether oxygens (including phenoxy) is 1. The maximum absolute atomic E-state index is 12.9. The summed E-state index contributed by atoms with van der Waals surface area (Å²) in [6.07, 6.45) is 0. The van der Waals surface area contributed by atoms with Crippen molar-refractivity contribution in [2.45, 2.75) is 23.7 Å². The zero-order chi connectivity index (χ0) is 23.2. The van der Waals surface area contributed by atoms with Crippen LogP contribution in [0.5, 0.6) is 0 Å². The van der Waals surface area contributed by atoms with Crippen LogP contribution in [-0.2, 0) is 15.3 Å². The van der Waals surface area contributed by atoms with E-state index in [2.05, 4.69) is 10.2 Å². The second kappa shape index (κ2) is 10.6. The van der Waals surface area contributed by atoms with Crippen molar-refractivity contribution in [3.8, 4) is 11.3 Å². The summed E-state index contributed by atoms with van der Waals surface area (Å²) in [6, 6.07) is 17.2. The number of amides is 2. The van der Waals surface area contributed by atoms with Crippen molar-refractivity contribution in [2.75, 3.05) is 33.4 Å². The quantitative estimate of drug-likeness (QED) is 0.494. The van der Waals surface area contributed by atoms with E-state index in [9.17, 15) is 9.59 Å². The molecule has 1 aliphatic rings. The number of hydrogen-bond acceptors (Lipinski definition) is 7. The fraction of sp³-hybridized carbons (Fsp3) is 0.333. The van der Waals surface area contributed by atoms with Crippen LogP contribution in [0.2, 0.25) is 0 Å². The molecule has 4 rings (SSSR count). The first-order valence-corrected chi connectivity index (χ1v) is 11.7. The molecule has 9 heteroatoms. The number of rotatable bonds is 7. The number of carbonyl (C=O) groups is 2. The molecule has 3 heterocycles. The number of thioether (sulfide) groups is 1. The summed E-state index contributed by atoms with van der Waals surface area (Å²) in [4.78, 5) is 28.5. The molecule has 0 N–H and O–H groups in total.